The third kappa shape index (κ3) is 15.9. The molecule has 0 aliphatic carbocycles. The van der Waals surface area contributed by atoms with Crippen molar-refractivity contribution in [3.8, 4) is 0 Å². The number of carboxylic acids is 1. The topological polar surface area (TPSA) is 166 Å². The SMILES string of the molecule is CC(=O)CC[C@H](NC(=O)COCC(=O)NCCOCCOCCN)C(=O)O. The van der Waals surface area contributed by atoms with Gasteiger partial charge in [-0.25, -0.2) is 4.79 Å². The predicted molar refractivity (Wildman–Crippen MR) is 94.0 cm³/mol. The molecular weight excluding hydrogens is 362 g/mol. The molecule has 0 radical (unpaired) electrons. The van der Waals surface area contributed by atoms with E-state index in [4.69, 9.17) is 25.1 Å². The number of aliphatic carboxylic acids is 1. The van der Waals surface area contributed by atoms with Gasteiger partial charge in [0.05, 0.1) is 26.4 Å². The summed E-state index contributed by atoms with van der Waals surface area (Å²) in [5, 5.41) is 13.8. The van der Waals surface area contributed by atoms with Crippen LogP contribution in [0, 0.1) is 0 Å². The van der Waals surface area contributed by atoms with E-state index >= 15 is 0 Å². The molecule has 0 aromatic rings. The van der Waals surface area contributed by atoms with Crippen molar-refractivity contribution in [1.29, 1.82) is 0 Å². The number of amides is 2. The summed E-state index contributed by atoms with van der Waals surface area (Å²) in [5.41, 5.74) is 5.26. The first-order chi connectivity index (χ1) is 12.9. The number of hydrogen-bond acceptors (Lipinski definition) is 8. The average molecular weight is 391 g/mol. The highest BCUT2D eigenvalue weighted by molar-refractivity contribution is 5.85. The molecule has 2 amide bonds. The van der Waals surface area contributed by atoms with Gasteiger partial charge in [-0.05, 0) is 13.3 Å². The molecule has 0 heterocycles. The molecule has 0 fully saturated rings. The highest BCUT2D eigenvalue weighted by atomic mass is 16.5. The summed E-state index contributed by atoms with van der Waals surface area (Å²) in [7, 11) is 0. The number of carbonyl (C=O) groups excluding carboxylic acids is 3. The van der Waals surface area contributed by atoms with Crippen LogP contribution >= 0.6 is 0 Å². The third-order valence-corrected chi connectivity index (χ3v) is 3.09. The second-order valence-electron chi connectivity index (χ2n) is 5.56. The fourth-order valence-electron chi connectivity index (χ4n) is 1.80. The number of carboxylic acid groups (broad SMARTS) is 1. The smallest absolute Gasteiger partial charge is 0.326 e. The van der Waals surface area contributed by atoms with Gasteiger partial charge in [-0.3, -0.25) is 9.59 Å². The molecule has 0 bridgehead atoms. The molecule has 0 saturated heterocycles. The largest absolute Gasteiger partial charge is 0.480 e. The third-order valence-electron chi connectivity index (χ3n) is 3.09. The zero-order valence-corrected chi connectivity index (χ0v) is 15.5. The highest BCUT2D eigenvalue weighted by Crippen LogP contribution is 1.99. The van der Waals surface area contributed by atoms with E-state index in [0.29, 0.717) is 33.0 Å². The van der Waals surface area contributed by atoms with Gasteiger partial charge in [-0.2, -0.15) is 0 Å². The van der Waals surface area contributed by atoms with Crippen molar-refractivity contribution in [2.45, 2.75) is 25.8 Å². The lowest BCUT2D eigenvalue weighted by molar-refractivity contribution is -0.143. The van der Waals surface area contributed by atoms with Crippen LogP contribution in [0.4, 0.5) is 0 Å². The van der Waals surface area contributed by atoms with Gasteiger partial charge in [0.15, 0.2) is 0 Å². The number of nitrogens with one attached hydrogen (secondary N) is 2. The minimum atomic E-state index is -1.24. The second-order valence-corrected chi connectivity index (χ2v) is 5.56. The van der Waals surface area contributed by atoms with Gasteiger partial charge < -0.3 is 40.5 Å². The molecule has 0 rings (SSSR count). The number of hydrogen-bond donors (Lipinski definition) is 4. The molecule has 0 saturated carbocycles. The molecule has 11 heteroatoms. The Bertz CT molecular complexity index is 473. The monoisotopic (exact) mass is 391 g/mol. The van der Waals surface area contributed by atoms with Crippen molar-refractivity contribution in [3.63, 3.8) is 0 Å². The Balaban J connectivity index is 3.75. The van der Waals surface area contributed by atoms with E-state index in [-0.39, 0.29) is 31.8 Å². The van der Waals surface area contributed by atoms with Crippen molar-refractivity contribution in [2.75, 3.05) is 52.7 Å². The number of carbonyl (C=O) groups is 4. The van der Waals surface area contributed by atoms with E-state index in [1.165, 1.54) is 6.92 Å². The van der Waals surface area contributed by atoms with E-state index < -0.39 is 30.4 Å². The first-order valence-electron chi connectivity index (χ1n) is 8.58. The highest BCUT2D eigenvalue weighted by Gasteiger charge is 2.20. The Morgan fingerprint density at radius 2 is 1.59 bits per heavy atom. The van der Waals surface area contributed by atoms with Crippen molar-refractivity contribution < 1.29 is 38.5 Å². The number of ether oxygens (including phenoxy) is 3. The van der Waals surface area contributed by atoms with Gasteiger partial charge >= 0.3 is 5.97 Å². The molecule has 0 aromatic heterocycles. The van der Waals surface area contributed by atoms with Crippen molar-refractivity contribution in [1.82, 2.24) is 10.6 Å². The summed E-state index contributed by atoms with van der Waals surface area (Å²) in [6.45, 7) is 2.83. The molecule has 156 valence electrons. The van der Waals surface area contributed by atoms with E-state index in [2.05, 4.69) is 10.6 Å². The predicted octanol–water partition coefficient (Wildman–Crippen LogP) is -1.95. The molecule has 11 nitrogen and oxygen atoms in total. The van der Waals surface area contributed by atoms with E-state index in [1.54, 1.807) is 0 Å². The quantitative estimate of drug-likeness (QED) is 0.206. The Kier molecular flexibility index (Phi) is 14.9. The fraction of sp³-hybridized carbons (Fsp3) is 0.750. The van der Waals surface area contributed by atoms with Crippen LogP contribution in [0.3, 0.4) is 0 Å². The maximum atomic E-state index is 11.6. The Morgan fingerprint density at radius 3 is 2.19 bits per heavy atom. The summed E-state index contributed by atoms with van der Waals surface area (Å²) in [4.78, 5) is 45.1. The minimum absolute atomic E-state index is 0.00580. The van der Waals surface area contributed by atoms with Crippen LogP contribution in [0.1, 0.15) is 19.8 Å². The number of Topliss-reactive ketones (excluding diaryl/α,β-unsaturated/α-hetero) is 1. The van der Waals surface area contributed by atoms with E-state index in [9.17, 15) is 19.2 Å². The zero-order chi connectivity index (χ0) is 20.5. The first kappa shape index (κ1) is 24.9. The lowest BCUT2D eigenvalue weighted by Crippen LogP contribution is -2.43. The molecule has 5 N–H and O–H groups in total. The maximum Gasteiger partial charge on any atom is 0.326 e. The van der Waals surface area contributed by atoms with Gasteiger partial charge in [0.1, 0.15) is 25.0 Å². The fourth-order valence-corrected chi connectivity index (χ4v) is 1.80. The molecule has 0 aliphatic heterocycles. The summed E-state index contributed by atoms with van der Waals surface area (Å²) in [5.74, 6) is -2.53. The number of ketones is 1. The lowest BCUT2D eigenvalue weighted by atomic mass is 10.1. The summed E-state index contributed by atoms with van der Waals surface area (Å²) in [6.07, 6.45) is 0.0376. The van der Waals surface area contributed by atoms with Crippen LogP contribution < -0.4 is 16.4 Å². The molecule has 0 aliphatic rings. The van der Waals surface area contributed by atoms with E-state index in [1.807, 2.05) is 0 Å². The van der Waals surface area contributed by atoms with Gasteiger partial charge in [0, 0.05) is 19.5 Å². The molecule has 1 atom stereocenters. The Labute approximate surface area is 157 Å². The average Bonchev–Trinajstić information content (AvgIpc) is 2.60. The minimum Gasteiger partial charge on any atom is -0.480 e. The van der Waals surface area contributed by atoms with Gasteiger partial charge in [-0.15, -0.1) is 0 Å². The van der Waals surface area contributed by atoms with Crippen molar-refractivity contribution in [3.05, 3.63) is 0 Å². The molecule has 27 heavy (non-hydrogen) atoms. The Morgan fingerprint density at radius 1 is 0.963 bits per heavy atom. The number of rotatable bonds is 17. The zero-order valence-electron chi connectivity index (χ0n) is 15.5. The molecule has 0 aromatic carbocycles. The van der Waals surface area contributed by atoms with Crippen molar-refractivity contribution >= 4 is 23.6 Å². The van der Waals surface area contributed by atoms with Crippen LogP contribution in [-0.2, 0) is 33.4 Å². The van der Waals surface area contributed by atoms with Crippen LogP contribution in [0.5, 0.6) is 0 Å². The van der Waals surface area contributed by atoms with E-state index in [0.717, 1.165) is 0 Å². The van der Waals surface area contributed by atoms with Gasteiger partial charge in [-0.1, -0.05) is 0 Å². The van der Waals surface area contributed by atoms with Crippen LogP contribution in [-0.4, -0.2) is 87.4 Å². The first-order valence-corrected chi connectivity index (χ1v) is 8.58. The van der Waals surface area contributed by atoms with Crippen LogP contribution in [0.25, 0.3) is 0 Å². The molecule has 0 unspecified atom stereocenters. The van der Waals surface area contributed by atoms with Crippen LogP contribution in [0.15, 0.2) is 0 Å². The van der Waals surface area contributed by atoms with Gasteiger partial charge in [0.2, 0.25) is 11.8 Å². The second kappa shape index (κ2) is 16.1. The summed E-state index contributed by atoms with van der Waals surface area (Å²) < 4.78 is 15.2. The Hall–Kier alpha value is -2.08. The van der Waals surface area contributed by atoms with Gasteiger partial charge in [0.25, 0.3) is 0 Å². The van der Waals surface area contributed by atoms with Crippen LogP contribution in [0.2, 0.25) is 0 Å². The maximum absolute atomic E-state index is 11.6. The van der Waals surface area contributed by atoms with Crippen molar-refractivity contribution in [2.24, 2.45) is 5.73 Å². The summed E-state index contributed by atoms with van der Waals surface area (Å²) >= 11 is 0. The lowest BCUT2D eigenvalue weighted by Gasteiger charge is -2.13. The molecule has 0 spiro atoms. The normalized spacial score (nSPS) is 11.6. The number of nitrogens with two attached hydrogens (primary N) is 1. The summed E-state index contributed by atoms with van der Waals surface area (Å²) in [6, 6.07) is -1.18. The standard InChI is InChI=1S/C16H29N3O8/c1-12(20)2-3-13(16(23)24)19-15(22)11-27-10-14(21)18-5-7-26-9-8-25-6-4-17/h13H,2-11,17H2,1H3,(H,18,21)(H,19,22)(H,23,24)/t13-/m0/s1. The molecular formula is C16H29N3O8.